The molecule has 0 atom stereocenters. The third-order valence-electron chi connectivity index (χ3n) is 4.64. The standard InChI is InChI=1S/C24H19FN.2CH4/c25-20-16-18-24(19-17-20)26(21-10-4-1-5-11-21,22-12-6-2-7-13-22)23-14-8-3-9-15-23;;/h1-19H;2*1H4/q+1;;/i25-1;;. The molecule has 4 rings (SSSR count). The molecule has 142 valence electrons. The molecule has 0 bridgehead atoms. The van der Waals surface area contributed by atoms with Gasteiger partial charge in [-0.3, -0.25) is 0 Å². The van der Waals surface area contributed by atoms with Crippen LogP contribution in [0.2, 0.25) is 0 Å². The summed E-state index contributed by atoms with van der Waals surface area (Å²) in [6, 6.07) is 37.7. The maximum atomic E-state index is 13.7. The zero-order valence-corrected chi connectivity index (χ0v) is 14.3. The van der Waals surface area contributed by atoms with Crippen molar-refractivity contribution in [1.29, 1.82) is 0 Å². The van der Waals surface area contributed by atoms with Gasteiger partial charge in [0.2, 0.25) is 0 Å². The number of nitrogens with zero attached hydrogens (tertiary/aromatic N) is 1. The average Bonchev–Trinajstić information content (AvgIpc) is 2.72. The van der Waals surface area contributed by atoms with Crippen molar-refractivity contribution in [2.75, 3.05) is 0 Å². The maximum Gasteiger partial charge on any atom is 0.148 e. The molecule has 0 amide bonds. The maximum absolute atomic E-state index is 13.7. The lowest BCUT2D eigenvalue weighted by Gasteiger charge is -2.37. The Labute approximate surface area is 167 Å². The quantitative estimate of drug-likeness (QED) is 0.316. The second kappa shape index (κ2) is 9.12. The number of hydrogen-bond donors (Lipinski definition) is 0. The predicted octanol–water partition coefficient (Wildman–Crippen LogP) is 8.40. The molecule has 0 fully saturated rings. The molecular formula is C26H27FN+. The van der Waals surface area contributed by atoms with Gasteiger partial charge in [-0.25, -0.2) is 4.39 Å². The molecule has 0 saturated carbocycles. The largest absolute Gasteiger partial charge is 0.207 e. The van der Waals surface area contributed by atoms with Gasteiger partial charge in [0.25, 0.3) is 0 Å². The molecule has 0 heterocycles. The summed E-state index contributed by atoms with van der Waals surface area (Å²) in [6.45, 7) is 0. The summed E-state index contributed by atoms with van der Waals surface area (Å²) < 4.78 is 14.1. The molecule has 4 aromatic rings. The highest BCUT2D eigenvalue weighted by Gasteiger charge is 2.38. The van der Waals surface area contributed by atoms with E-state index in [4.69, 9.17) is 0 Å². The zero-order chi connectivity index (χ0) is 17.8. The minimum Gasteiger partial charge on any atom is -0.207 e. The van der Waals surface area contributed by atoms with Crippen LogP contribution in [-0.2, 0) is 0 Å². The summed E-state index contributed by atoms with van der Waals surface area (Å²) in [5.74, 6) is -0.235. The highest BCUT2D eigenvalue weighted by atomic mass is 18.2. The Hall–Kier alpha value is -3.23. The summed E-state index contributed by atoms with van der Waals surface area (Å²) in [5, 5.41) is 0. The van der Waals surface area contributed by atoms with E-state index in [0.29, 0.717) is 4.48 Å². The average molecular weight is 372 g/mol. The van der Waals surface area contributed by atoms with Gasteiger partial charge in [0.05, 0.1) is 0 Å². The van der Waals surface area contributed by atoms with Gasteiger partial charge in [0.1, 0.15) is 28.6 Å². The first kappa shape index (κ1) is 21.1. The summed E-state index contributed by atoms with van der Waals surface area (Å²) >= 11 is 0. The second-order valence-corrected chi connectivity index (χ2v) is 6.15. The van der Waals surface area contributed by atoms with E-state index in [1.54, 1.807) is 0 Å². The van der Waals surface area contributed by atoms with Gasteiger partial charge < -0.3 is 0 Å². The number of rotatable bonds is 4. The normalized spacial score (nSPS) is 10.5. The van der Waals surface area contributed by atoms with Gasteiger partial charge in [-0.1, -0.05) is 69.5 Å². The summed E-state index contributed by atoms with van der Waals surface area (Å²) in [7, 11) is 0. The van der Waals surface area contributed by atoms with Crippen molar-refractivity contribution < 1.29 is 4.39 Å². The SMILES string of the molecule is C.C.[18F]c1ccc([N+](c2ccccc2)(c2ccccc2)c2ccccc2)cc1. The Morgan fingerprint density at radius 2 is 0.679 bits per heavy atom. The van der Waals surface area contributed by atoms with Crippen LogP contribution in [0.15, 0.2) is 115 Å². The minimum atomic E-state index is -0.235. The number of para-hydroxylation sites is 3. The third kappa shape index (κ3) is 3.60. The lowest BCUT2D eigenvalue weighted by Crippen LogP contribution is -2.33. The Bertz CT molecular complexity index is 868. The minimum absolute atomic E-state index is 0. The molecule has 0 aliphatic heterocycles. The Morgan fingerprint density at radius 3 is 1.00 bits per heavy atom. The molecule has 28 heavy (non-hydrogen) atoms. The fourth-order valence-electron chi connectivity index (χ4n) is 3.51. The van der Waals surface area contributed by atoms with Crippen molar-refractivity contribution in [3.63, 3.8) is 0 Å². The van der Waals surface area contributed by atoms with Crippen molar-refractivity contribution >= 4 is 22.7 Å². The molecule has 0 N–H and O–H groups in total. The molecular weight excluding hydrogens is 344 g/mol. The van der Waals surface area contributed by atoms with Crippen molar-refractivity contribution in [3.8, 4) is 0 Å². The van der Waals surface area contributed by atoms with E-state index in [9.17, 15) is 4.39 Å². The monoisotopic (exact) mass is 371 g/mol. The molecule has 0 spiro atoms. The van der Waals surface area contributed by atoms with Crippen LogP contribution in [0.5, 0.6) is 0 Å². The Kier molecular flexibility index (Phi) is 6.86. The van der Waals surface area contributed by atoms with Gasteiger partial charge in [0.15, 0.2) is 0 Å². The smallest absolute Gasteiger partial charge is 0.148 e. The highest BCUT2D eigenvalue weighted by Crippen LogP contribution is 2.50. The van der Waals surface area contributed by atoms with E-state index in [1.165, 1.54) is 12.1 Å². The third-order valence-corrected chi connectivity index (χ3v) is 4.64. The lowest BCUT2D eigenvalue weighted by molar-refractivity contribution is 0.624. The first-order valence-electron chi connectivity index (χ1n) is 8.64. The van der Waals surface area contributed by atoms with Gasteiger partial charge in [-0.15, -0.1) is 0 Å². The first-order valence-corrected chi connectivity index (χ1v) is 8.64. The molecule has 0 aliphatic carbocycles. The summed E-state index contributed by atoms with van der Waals surface area (Å²) in [6.07, 6.45) is 0. The van der Waals surface area contributed by atoms with E-state index in [-0.39, 0.29) is 20.7 Å². The Balaban J connectivity index is 0.00000140. The second-order valence-electron chi connectivity index (χ2n) is 6.15. The molecule has 0 saturated heterocycles. The van der Waals surface area contributed by atoms with Gasteiger partial charge in [-0.05, 0) is 12.1 Å². The molecule has 0 aromatic heterocycles. The van der Waals surface area contributed by atoms with Crippen LogP contribution < -0.4 is 4.48 Å². The zero-order valence-electron chi connectivity index (χ0n) is 14.3. The van der Waals surface area contributed by atoms with Gasteiger partial charge in [-0.2, -0.15) is 4.48 Å². The van der Waals surface area contributed by atoms with Crippen LogP contribution in [0.3, 0.4) is 0 Å². The van der Waals surface area contributed by atoms with Crippen LogP contribution in [0.1, 0.15) is 14.9 Å². The van der Waals surface area contributed by atoms with E-state index >= 15 is 0 Å². The topological polar surface area (TPSA) is 0 Å². The fourth-order valence-corrected chi connectivity index (χ4v) is 3.51. The Morgan fingerprint density at radius 1 is 0.393 bits per heavy atom. The molecule has 0 unspecified atom stereocenters. The highest BCUT2D eigenvalue weighted by molar-refractivity contribution is 5.81. The van der Waals surface area contributed by atoms with Crippen LogP contribution in [0.25, 0.3) is 0 Å². The molecule has 0 radical (unpaired) electrons. The summed E-state index contributed by atoms with van der Waals surface area (Å²) in [5.41, 5.74) is 4.26. The van der Waals surface area contributed by atoms with Crippen molar-refractivity contribution in [2.24, 2.45) is 0 Å². The number of halogens is 1. The first-order chi connectivity index (χ1) is 12.8. The van der Waals surface area contributed by atoms with Crippen LogP contribution in [-0.4, -0.2) is 0 Å². The number of quaternary nitrogens is 1. The lowest BCUT2D eigenvalue weighted by atomic mass is 10.1. The van der Waals surface area contributed by atoms with E-state index < -0.39 is 0 Å². The van der Waals surface area contributed by atoms with E-state index in [1.807, 2.05) is 66.7 Å². The number of hydrogen-bond acceptors (Lipinski definition) is 0. The number of benzene rings is 4. The summed E-state index contributed by atoms with van der Waals surface area (Å²) in [4.78, 5) is 0. The fraction of sp³-hybridized carbons (Fsp3) is 0.0769. The molecule has 4 aromatic carbocycles. The van der Waals surface area contributed by atoms with Crippen molar-refractivity contribution in [1.82, 2.24) is 4.48 Å². The van der Waals surface area contributed by atoms with Crippen LogP contribution in [0, 0.1) is 5.82 Å². The van der Waals surface area contributed by atoms with Crippen molar-refractivity contribution in [3.05, 3.63) is 121 Å². The van der Waals surface area contributed by atoms with Gasteiger partial charge in [0, 0.05) is 48.5 Å². The van der Waals surface area contributed by atoms with Crippen LogP contribution in [0.4, 0.5) is 27.1 Å². The van der Waals surface area contributed by atoms with Crippen LogP contribution >= 0.6 is 0 Å². The molecule has 2 heteroatoms. The van der Waals surface area contributed by atoms with E-state index in [2.05, 4.69) is 36.4 Å². The molecule has 1 nitrogen and oxygen atoms in total. The molecule has 0 aliphatic rings. The van der Waals surface area contributed by atoms with Gasteiger partial charge >= 0.3 is 0 Å². The van der Waals surface area contributed by atoms with E-state index in [0.717, 1.165) is 22.7 Å². The predicted molar refractivity (Wildman–Crippen MR) is 120 cm³/mol. The van der Waals surface area contributed by atoms with Crippen molar-refractivity contribution in [2.45, 2.75) is 14.9 Å².